The van der Waals surface area contributed by atoms with E-state index in [4.69, 9.17) is 4.74 Å². The zero-order chi connectivity index (χ0) is 17.2. The van der Waals surface area contributed by atoms with E-state index in [1.54, 1.807) is 0 Å². The van der Waals surface area contributed by atoms with Gasteiger partial charge in [-0.25, -0.2) is 4.79 Å². The van der Waals surface area contributed by atoms with E-state index in [-0.39, 0.29) is 6.09 Å². The van der Waals surface area contributed by atoms with E-state index in [0.717, 1.165) is 6.42 Å². The number of nitrogens with one attached hydrogen (secondary N) is 2. The molecule has 24 heavy (non-hydrogen) atoms. The maximum absolute atomic E-state index is 11.7. The normalized spacial score (nSPS) is 15.0. The summed E-state index contributed by atoms with van der Waals surface area (Å²) < 4.78 is 5.28. The molecule has 0 bridgehead atoms. The maximum Gasteiger partial charge on any atom is 0.407 e. The van der Waals surface area contributed by atoms with Crippen LogP contribution < -0.4 is 5.32 Å². The van der Waals surface area contributed by atoms with Gasteiger partial charge in [-0.15, -0.1) is 0 Å². The summed E-state index contributed by atoms with van der Waals surface area (Å²) >= 11 is 0. The average molecular weight is 328 g/mol. The third kappa shape index (κ3) is 4.11. The molecule has 1 aliphatic carbocycles. The molecule has 1 aliphatic rings. The predicted molar refractivity (Wildman–Crippen MR) is 97.5 cm³/mol. The molecule has 0 spiro atoms. The van der Waals surface area contributed by atoms with Crippen molar-refractivity contribution in [3.63, 3.8) is 0 Å². The molecule has 130 valence electrons. The minimum atomic E-state index is -0.456. The number of hydrogen-bond donors (Lipinski definition) is 2. The second-order valence-electron chi connectivity index (χ2n) is 7.72. The van der Waals surface area contributed by atoms with E-state index in [2.05, 4.69) is 28.6 Å². The first kappa shape index (κ1) is 16.9. The highest BCUT2D eigenvalue weighted by Gasteiger charge is 2.16. The van der Waals surface area contributed by atoms with Gasteiger partial charge in [-0.3, -0.25) is 0 Å². The van der Waals surface area contributed by atoms with Crippen molar-refractivity contribution in [1.82, 2.24) is 10.3 Å². The van der Waals surface area contributed by atoms with Crippen LogP contribution in [0, 0.1) is 0 Å². The van der Waals surface area contributed by atoms with Crippen LogP contribution in [-0.4, -0.2) is 23.2 Å². The van der Waals surface area contributed by atoms with Crippen LogP contribution in [0.1, 0.15) is 56.7 Å². The van der Waals surface area contributed by atoms with Crippen LogP contribution in [0.4, 0.5) is 4.79 Å². The molecule has 3 rings (SSSR count). The van der Waals surface area contributed by atoms with Crippen LogP contribution in [-0.2, 0) is 24.0 Å². The Bertz CT molecular complexity index is 725. The summed E-state index contributed by atoms with van der Waals surface area (Å²) in [6.45, 7) is 6.20. The minimum Gasteiger partial charge on any atom is -0.444 e. The molecule has 0 saturated carbocycles. The number of carbonyl (C=O) groups is 1. The van der Waals surface area contributed by atoms with E-state index < -0.39 is 5.60 Å². The number of H-pyrrole nitrogens is 1. The van der Waals surface area contributed by atoms with Crippen molar-refractivity contribution >= 4 is 17.0 Å². The van der Waals surface area contributed by atoms with Crippen LogP contribution in [0.5, 0.6) is 0 Å². The number of aryl methyl sites for hydroxylation is 2. The highest BCUT2D eigenvalue weighted by molar-refractivity contribution is 5.85. The topological polar surface area (TPSA) is 54.1 Å². The van der Waals surface area contributed by atoms with Crippen molar-refractivity contribution in [2.75, 3.05) is 6.54 Å². The quantitative estimate of drug-likeness (QED) is 0.815. The Balaban J connectivity index is 1.67. The molecule has 2 aromatic rings. The smallest absolute Gasteiger partial charge is 0.407 e. The van der Waals surface area contributed by atoms with Crippen molar-refractivity contribution in [3.05, 3.63) is 35.0 Å². The van der Waals surface area contributed by atoms with Crippen LogP contribution in [0.25, 0.3) is 10.9 Å². The number of alkyl carbamates (subject to hydrolysis) is 1. The predicted octanol–water partition coefficient (Wildman–Crippen LogP) is 4.50. The van der Waals surface area contributed by atoms with Crippen molar-refractivity contribution in [2.45, 2.75) is 64.9 Å². The van der Waals surface area contributed by atoms with Crippen molar-refractivity contribution in [2.24, 2.45) is 0 Å². The van der Waals surface area contributed by atoms with E-state index in [1.165, 1.54) is 59.7 Å². The standard InChI is InChI=1S/C20H28N2O2/c1-20(2,3)24-19(23)21-10-9-16-13-22-18-12-15-8-6-4-5-7-14(15)11-17(16)18/h11-13,22H,4-10H2,1-3H3,(H,21,23). The Hall–Kier alpha value is -1.97. The lowest BCUT2D eigenvalue weighted by atomic mass is 9.99. The lowest BCUT2D eigenvalue weighted by Crippen LogP contribution is -2.33. The molecule has 4 heteroatoms. The molecular formula is C20H28N2O2. The van der Waals surface area contributed by atoms with Gasteiger partial charge in [-0.05, 0) is 81.7 Å². The van der Waals surface area contributed by atoms with E-state index in [0.29, 0.717) is 6.54 Å². The summed E-state index contributed by atoms with van der Waals surface area (Å²) in [5, 5.41) is 4.13. The first-order valence-corrected chi connectivity index (χ1v) is 9.01. The van der Waals surface area contributed by atoms with Gasteiger partial charge in [0.25, 0.3) is 0 Å². The zero-order valence-corrected chi connectivity index (χ0v) is 15.0. The third-order valence-corrected chi connectivity index (χ3v) is 4.54. The number of benzene rings is 1. The Morgan fingerprint density at radius 2 is 1.88 bits per heavy atom. The lowest BCUT2D eigenvalue weighted by molar-refractivity contribution is 0.0528. The summed E-state index contributed by atoms with van der Waals surface area (Å²) in [6, 6.07) is 4.68. The molecule has 0 unspecified atom stereocenters. The van der Waals surface area contributed by atoms with Crippen molar-refractivity contribution in [1.29, 1.82) is 0 Å². The summed E-state index contributed by atoms with van der Waals surface area (Å²) in [7, 11) is 0. The fourth-order valence-electron chi connectivity index (χ4n) is 3.41. The molecule has 0 saturated heterocycles. The molecule has 4 nitrogen and oxygen atoms in total. The number of fused-ring (bicyclic) bond motifs is 2. The largest absolute Gasteiger partial charge is 0.444 e. The van der Waals surface area contributed by atoms with Crippen molar-refractivity contribution in [3.8, 4) is 0 Å². The second kappa shape index (κ2) is 6.88. The minimum absolute atomic E-state index is 0.351. The molecule has 0 atom stereocenters. The third-order valence-electron chi connectivity index (χ3n) is 4.54. The Kier molecular flexibility index (Phi) is 4.83. The fourth-order valence-corrected chi connectivity index (χ4v) is 3.41. The van der Waals surface area contributed by atoms with Gasteiger partial charge in [0, 0.05) is 23.6 Å². The Labute approximate surface area is 144 Å². The van der Waals surface area contributed by atoms with E-state index in [9.17, 15) is 4.79 Å². The van der Waals surface area contributed by atoms with Crippen LogP contribution in [0.15, 0.2) is 18.3 Å². The number of aromatic amines is 1. The van der Waals surface area contributed by atoms with Crippen LogP contribution in [0.3, 0.4) is 0 Å². The number of aromatic nitrogens is 1. The van der Waals surface area contributed by atoms with Crippen LogP contribution in [0.2, 0.25) is 0 Å². The molecule has 1 amide bonds. The first-order chi connectivity index (χ1) is 11.4. The van der Waals surface area contributed by atoms with Gasteiger partial charge in [0.05, 0.1) is 0 Å². The Morgan fingerprint density at radius 1 is 1.17 bits per heavy atom. The molecular weight excluding hydrogens is 300 g/mol. The molecule has 0 aliphatic heterocycles. The van der Waals surface area contributed by atoms with E-state index in [1.807, 2.05) is 20.8 Å². The first-order valence-electron chi connectivity index (χ1n) is 9.01. The van der Waals surface area contributed by atoms with Gasteiger partial charge < -0.3 is 15.0 Å². The summed E-state index contributed by atoms with van der Waals surface area (Å²) in [4.78, 5) is 15.1. The summed E-state index contributed by atoms with van der Waals surface area (Å²) in [5.41, 5.74) is 5.01. The van der Waals surface area contributed by atoms with Gasteiger partial charge in [0.2, 0.25) is 0 Å². The van der Waals surface area contributed by atoms with E-state index >= 15 is 0 Å². The number of rotatable bonds is 3. The molecule has 1 aromatic carbocycles. The van der Waals surface area contributed by atoms with Gasteiger partial charge in [0.1, 0.15) is 5.60 Å². The molecule has 1 heterocycles. The lowest BCUT2D eigenvalue weighted by Gasteiger charge is -2.19. The van der Waals surface area contributed by atoms with Gasteiger partial charge >= 0.3 is 6.09 Å². The van der Waals surface area contributed by atoms with Gasteiger partial charge in [-0.1, -0.05) is 6.42 Å². The zero-order valence-electron chi connectivity index (χ0n) is 15.0. The maximum atomic E-state index is 11.7. The number of amides is 1. The van der Waals surface area contributed by atoms with Gasteiger partial charge in [0.15, 0.2) is 0 Å². The average Bonchev–Trinajstić information content (AvgIpc) is 2.73. The van der Waals surface area contributed by atoms with Gasteiger partial charge in [-0.2, -0.15) is 0 Å². The highest BCUT2D eigenvalue weighted by atomic mass is 16.6. The number of carbonyl (C=O) groups excluding carboxylic acids is 1. The summed E-state index contributed by atoms with van der Waals surface area (Å²) in [6.07, 6.45) is 8.82. The fraction of sp³-hybridized carbons (Fsp3) is 0.550. The summed E-state index contributed by atoms with van der Waals surface area (Å²) in [5.74, 6) is 0. The SMILES string of the molecule is CC(C)(C)OC(=O)NCCc1c[nH]c2cc3c(cc12)CCCCC3. The Morgan fingerprint density at radius 3 is 2.58 bits per heavy atom. The van der Waals surface area contributed by atoms with Crippen molar-refractivity contribution < 1.29 is 9.53 Å². The number of ether oxygens (including phenoxy) is 1. The molecule has 1 aromatic heterocycles. The molecule has 0 radical (unpaired) electrons. The second-order valence-corrected chi connectivity index (χ2v) is 7.72. The van der Waals surface area contributed by atoms with Crippen LogP contribution >= 0.6 is 0 Å². The molecule has 2 N–H and O–H groups in total. The monoisotopic (exact) mass is 328 g/mol. The number of hydrogen-bond acceptors (Lipinski definition) is 2. The highest BCUT2D eigenvalue weighted by Crippen LogP contribution is 2.27. The molecule has 0 fully saturated rings.